The average molecular weight is 251 g/mol. The van der Waals surface area contributed by atoms with Gasteiger partial charge in [-0.05, 0) is 67.0 Å². The van der Waals surface area contributed by atoms with Gasteiger partial charge in [0.15, 0.2) is 0 Å². The predicted octanol–water partition coefficient (Wildman–Crippen LogP) is 4.24. The van der Waals surface area contributed by atoms with Crippen LogP contribution in [-0.4, -0.2) is 12.6 Å². The second kappa shape index (κ2) is 7.17. The second-order valence-corrected chi connectivity index (χ2v) is 6.13. The highest BCUT2D eigenvalue weighted by Gasteiger charge is 2.20. The van der Waals surface area contributed by atoms with Crippen molar-refractivity contribution in [2.75, 3.05) is 6.54 Å². The van der Waals surface area contributed by atoms with E-state index in [1.165, 1.54) is 51.5 Å². The van der Waals surface area contributed by atoms with Crippen molar-refractivity contribution in [2.24, 2.45) is 5.92 Å². The molecule has 0 aromatic carbocycles. The molecule has 17 heavy (non-hydrogen) atoms. The molecule has 1 aromatic rings. The molecule has 0 spiro atoms. The van der Waals surface area contributed by atoms with Crippen LogP contribution in [0.15, 0.2) is 16.8 Å². The Morgan fingerprint density at radius 3 is 3.12 bits per heavy atom. The first-order chi connectivity index (χ1) is 8.38. The molecule has 1 heterocycles. The molecule has 0 saturated heterocycles. The summed E-state index contributed by atoms with van der Waals surface area (Å²) in [5.41, 5.74) is 1.54. The summed E-state index contributed by atoms with van der Waals surface area (Å²) in [6.45, 7) is 3.45. The van der Waals surface area contributed by atoms with Crippen LogP contribution in [-0.2, 0) is 6.42 Å². The zero-order valence-electron chi connectivity index (χ0n) is 11.0. The van der Waals surface area contributed by atoms with E-state index in [2.05, 4.69) is 29.1 Å². The summed E-state index contributed by atoms with van der Waals surface area (Å²) in [7, 11) is 0. The number of aryl methyl sites for hydroxylation is 1. The molecule has 0 aliphatic heterocycles. The molecule has 1 aliphatic carbocycles. The Morgan fingerprint density at radius 2 is 2.35 bits per heavy atom. The quantitative estimate of drug-likeness (QED) is 0.797. The Bertz CT molecular complexity index is 294. The molecule has 1 fully saturated rings. The van der Waals surface area contributed by atoms with Gasteiger partial charge >= 0.3 is 0 Å². The van der Waals surface area contributed by atoms with Gasteiger partial charge in [-0.2, -0.15) is 11.3 Å². The molecule has 1 saturated carbocycles. The van der Waals surface area contributed by atoms with Crippen molar-refractivity contribution in [3.63, 3.8) is 0 Å². The molecule has 0 amide bonds. The minimum Gasteiger partial charge on any atom is -0.314 e. The van der Waals surface area contributed by atoms with E-state index in [9.17, 15) is 0 Å². The van der Waals surface area contributed by atoms with Crippen molar-refractivity contribution in [2.45, 2.75) is 57.9 Å². The molecular weight excluding hydrogens is 226 g/mol. The summed E-state index contributed by atoms with van der Waals surface area (Å²) < 4.78 is 0. The first-order valence-corrected chi connectivity index (χ1v) is 8.07. The normalized spacial score (nSPS) is 25.0. The van der Waals surface area contributed by atoms with E-state index in [0.717, 1.165) is 12.0 Å². The molecule has 2 heteroatoms. The lowest BCUT2D eigenvalue weighted by Crippen LogP contribution is -2.34. The number of rotatable bonds is 6. The molecule has 2 unspecified atom stereocenters. The van der Waals surface area contributed by atoms with Gasteiger partial charge < -0.3 is 5.32 Å². The van der Waals surface area contributed by atoms with Crippen molar-refractivity contribution in [1.29, 1.82) is 0 Å². The summed E-state index contributed by atoms with van der Waals surface area (Å²) >= 11 is 1.83. The fourth-order valence-electron chi connectivity index (χ4n) is 2.89. The molecular formula is C15H25NS. The summed E-state index contributed by atoms with van der Waals surface area (Å²) in [5.74, 6) is 0.956. The Balaban J connectivity index is 1.69. The molecule has 2 atom stereocenters. The predicted molar refractivity (Wildman–Crippen MR) is 76.7 cm³/mol. The van der Waals surface area contributed by atoms with Gasteiger partial charge in [-0.15, -0.1) is 0 Å². The van der Waals surface area contributed by atoms with E-state index in [0.29, 0.717) is 0 Å². The highest BCUT2D eigenvalue weighted by atomic mass is 32.1. The van der Waals surface area contributed by atoms with Crippen molar-refractivity contribution >= 4 is 11.3 Å². The molecule has 1 N–H and O–H groups in total. The van der Waals surface area contributed by atoms with Crippen LogP contribution in [0.5, 0.6) is 0 Å². The number of hydrogen-bond acceptors (Lipinski definition) is 2. The molecule has 1 nitrogen and oxygen atoms in total. The van der Waals surface area contributed by atoms with Gasteiger partial charge in [0, 0.05) is 6.04 Å². The maximum absolute atomic E-state index is 3.70. The molecule has 1 aliphatic rings. The lowest BCUT2D eigenvalue weighted by atomic mass is 9.82. The highest BCUT2D eigenvalue weighted by molar-refractivity contribution is 7.07. The zero-order valence-corrected chi connectivity index (χ0v) is 11.8. The third-order valence-electron chi connectivity index (χ3n) is 3.89. The number of thiophene rings is 1. The maximum atomic E-state index is 3.70. The smallest absolute Gasteiger partial charge is 0.00697 e. The first-order valence-electron chi connectivity index (χ1n) is 7.13. The van der Waals surface area contributed by atoms with E-state index < -0.39 is 0 Å². The van der Waals surface area contributed by atoms with Crippen LogP contribution in [0.4, 0.5) is 0 Å². The third kappa shape index (κ3) is 4.44. The van der Waals surface area contributed by atoms with Gasteiger partial charge in [-0.25, -0.2) is 0 Å². The molecule has 1 aromatic heterocycles. The molecule has 0 radical (unpaired) electrons. The summed E-state index contributed by atoms with van der Waals surface area (Å²) in [6.07, 6.45) is 9.62. The van der Waals surface area contributed by atoms with Gasteiger partial charge in [-0.1, -0.05) is 19.8 Å². The van der Waals surface area contributed by atoms with Gasteiger partial charge in [0.2, 0.25) is 0 Å². The number of nitrogens with one attached hydrogen (secondary N) is 1. The topological polar surface area (TPSA) is 12.0 Å². The van der Waals surface area contributed by atoms with Crippen molar-refractivity contribution in [3.8, 4) is 0 Å². The molecule has 0 bridgehead atoms. The highest BCUT2D eigenvalue weighted by Crippen LogP contribution is 2.28. The van der Waals surface area contributed by atoms with E-state index in [1.54, 1.807) is 5.56 Å². The van der Waals surface area contributed by atoms with Gasteiger partial charge in [-0.3, -0.25) is 0 Å². The van der Waals surface area contributed by atoms with Crippen molar-refractivity contribution in [3.05, 3.63) is 22.4 Å². The van der Waals surface area contributed by atoms with E-state index in [1.807, 2.05) is 11.3 Å². The Hall–Kier alpha value is -0.340. The van der Waals surface area contributed by atoms with Crippen LogP contribution in [0, 0.1) is 5.92 Å². The average Bonchev–Trinajstić information content (AvgIpc) is 2.87. The van der Waals surface area contributed by atoms with Gasteiger partial charge in [0.25, 0.3) is 0 Å². The number of hydrogen-bond donors (Lipinski definition) is 1. The van der Waals surface area contributed by atoms with Gasteiger partial charge in [0.1, 0.15) is 0 Å². The lowest BCUT2D eigenvalue weighted by Gasteiger charge is -2.29. The van der Waals surface area contributed by atoms with Crippen molar-refractivity contribution < 1.29 is 0 Å². The van der Waals surface area contributed by atoms with Crippen LogP contribution in [0.25, 0.3) is 0 Å². The Kier molecular flexibility index (Phi) is 5.53. The van der Waals surface area contributed by atoms with E-state index in [4.69, 9.17) is 0 Å². The minimum absolute atomic E-state index is 0.802. The summed E-state index contributed by atoms with van der Waals surface area (Å²) in [5, 5.41) is 8.19. The Labute approximate surface area is 110 Å². The largest absolute Gasteiger partial charge is 0.314 e. The standard InChI is InChI=1S/C15H25NS/c1-2-9-16-15-5-3-4-13(11-15)6-7-14-8-10-17-12-14/h8,10,12-13,15-16H,2-7,9,11H2,1H3. The van der Waals surface area contributed by atoms with E-state index >= 15 is 0 Å². The summed E-state index contributed by atoms with van der Waals surface area (Å²) in [6, 6.07) is 3.08. The second-order valence-electron chi connectivity index (χ2n) is 5.35. The van der Waals surface area contributed by atoms with Crippen molar-refractivity contribution in [1.82, 2.24) is 5.32 Å². The van der Waals surface area contributed by atoms with Crippen LogP contribution >= 0.6 is 11.3 Å². The molecule has 96 valence electrons. The van der Waals surface area contributed by atoms with Crippen LogP contribution in [0.2, 0.25) is 0 Å². The fourth-order valence-corrected chi connectivity index (χ4v) is 3.60. The van der Waals surface area contributed by atoms with Crippen LogP contribution in [0.3, 0.4) is 0 Å². The lowest BCUT2D eigenvalue weighted by molar-refractivity contribution is 0.274. The van der Waals surface area contributed by atoms with Gasteiger partial charge in [0.05, 0.1) is 0 Å². The molecule has 2 rings (SSSR count). The maximum Gasteiger partial charge on any atom is 0.00697 e. The zero-order chi connectivity index (χ0) is 11.9. The minimum atomic E-state index is 0.802. The fraction of sp³-hybridized carbons (Fsp3) is 0.733. The van der Waals surface area contributed by atoms with Crippen LogP contribution in [0.1, 0.15) is 51.0 Å². The monoisotopic (exact) mass is 251 g/mol. The third-order valence-corrected chi connectivity index (χ3v) is 4.62. The van der Waals surface area contributed by atoms with E-state index in [-0.39, 0.29) is 0 Å². The Morgan fingerprint density at radius 1 is 1.41 bits per heavy atom. The van der Waals surface area contributed by atoms with Crippen LogP contribution < -0.4 is 5.32 Å². The summed E-state index contributed by atoms with van der Waals surface area (Å²) in [4.78, 5) is 0. The SMILES string of the molecule is CCCNC1CCCC(CCc2ccsc2)C1. The first kappa shape index (κ1) is 13.1.